The zero-order valence-electron chi connectivity index (χ0n) is 10.5. The van der Waals surface area contributed by atoms with Gasteiger partial charge in [-0.05, 0) is 12.5 Å². The Kier molecular flexibility index (Phi) is 3.42. The number of aliphatic hydroxyl groups excluding tert-OH is 1. The minimum absolute atomic E-state index is 0.0480. The van der Waals surface area contributed by atoms with Crippen molar-refractivity contribution in [2.75, 3.05) is 0 Å². The van der Waals surface area contributed by atoms with Gasteiger partial charge in [0.2, 0.25) is 0 Å². The molecule has 0 amide bonds. The number of nitrogens with zero attached hydrogens (tertiary/aromatic N) is 1. The standard InChI is InChI=1S/C15H12ClNO3/c16-11-6-2-1-4-9(11)12-8-14(20-17-12)15(19)10-5-3-7-13(10)18/h1-2,4-6,8,15,19H,3,7H2. The first kappa shape index (κ1) is 13.1. The number of ketones is 1. The second-order valence-electron chi connectivity index (χ2n) is 4.62. The van der Waals surface area contributed by atoms with Gasteiger partial charge in [0.05, 0.1) is 5.02 Å². The summed E-state index contributed by atoms with van der Waals surface area (Å²) in [6.07, 6.45) is 1.79. The highest BCUT2D eigenvalue weighted by Crippen LogP contribution is 2.32. The maximum absolute atomic E-state index is 11.6. The number of hydrogen-bond acceptors (Lipinski definition) is 4. The van der Waals surface area contributed by atoms with Crippen LogP contribution in [-0.2, 0) is 4.79 Å². The first-order valence-corrected chi connectivity index (χ1v) is 6.67. The normalized spacial score (nSPS) is 16.3. The van der Waals surface area contributed by atoms with E-state index in [1.807, 2.05) is 18.2 Å². The summed E-state index contributed by atoms with van der Waals surface area (Å²) in [6, 6.07) is 8.85. The van der Waals surface area contributed by atoms with Gasteiger partial charge in [-0.15, -0.1) is 0 Å². The molecule has 1 aromatic carbocycles. The van der Waals surface area contributed by atoms with Crippen molar-refractivity contribution in [3.05, 3.63) is 52.8 Å². The van der Waals surface area contributed by atoms with Gasteiger partial charge in [0.25, 0.3) is 0 Å². The Labute approximate surface area is 120 Å². The fraction of sp³-hybridized carbons (Fsp3) is 0.200. The number of aromatic nitrogens is 1. The first-order chi connectivity index (χ1) is 9.66. The molecule has 0 spiro atoms. The first-order valence-electron chi connectivity index (χ1n) is 6.29. The lowest BCUT2D eigenvalue weighted by atomic mass is 10.0. The minimum Gasteiger partial charge on any atom is -0.380 e. The van der Waals surface area contributed by atoms with E-state index in [-0.39, 0.29) is 11.5 Å². The van der Waals surface area contributed by atoms with Crippen LogP contribution in [0.3, 0.4) is 0 Å². The van der Waals surface area contributed by atoms with Gasteiger partial charge >= 0.3 is 0 Å². The smallest absolute Gasteiger partial charge is 0.170 e. The predicted octanol–water partition coefficient (Wildman–Crippen LogP) is 3.32. The lowest BCUT2D eigenvalue weighted by Gasteiger charge is -2.05. The van der Waals surface area contributed by atoms with Crippen LogP contribution in [0, 0.1) is 0 Å². The van der Waals surface area contributed by atoms with E-state index in [0.717, 1.165) is 5.56 Å². The van der Waals surface area contributed by atoms with Crippen molar-refractivity contribution in [3.8, 4) is 11.3 Å². The molecule has 0 saturated heterocycles. The van der Waals surface area contributed by atoms with Crippen molar-refractivity contribution in [1.82, 2.24) is 5.16 Å². The van der Waals surface area contributed by atoms with Gasteiger partial charge in [0.1, 0.15) is 11.8 Å². The molecule has 1 aliphatic carbocycles. The number of carbonyl (C=O) groups is 1. The second-order valence-corrected chi connectivity index (χ2v) is 5.03. The molecule has 102 valence electrons. The SMILES string of the molecule is O=C1CCC=C1C(O)c1cc(-c2ccccc2Cl)no1. The zero-order chi connectivity index (χ0) is 14.1. The van der Waals surface area contributed by atoms with Gasteiger partial charge in [-0.1, -0.05) is 41.0 Å². The van der Waals surface area contributed by atoms with Crippen molar-refractivity contribution in [2.24, 2.45) is 0 Å². The number of halogens is 1. The maximum atomic E-state index is 11.6. The van der Waals surface area contributed by atoms with Crippen LogP contribution in [0.25, 0.3) is 11.3 Å². The molecule has 1 aliphatic rings. The Bertz CT molecular complexity index is 690. The topological polar surface area (TPSA) is 63.3 Å². The summed E-state index contributed by atoms with van der Waals surface area (Å²) in [5.74, 6) is 0.203. The molecule has 20 heavy (non-hydrogen) atoms. The molecule has 4 nitrogen and oxygen atoms in total. The van der Waals surface area contributed by atoms with Gasteiger partial charge in [0.15, 0.2) is 11.5 Å². The second kappa shape index (κ2) is 5.23. The van der Waals surface area contributed by atoms with Crippen molar-refractivity contribution >= 4 is 17.4 Å². The van der Waals surface area contributed by atoms with Gasteiger partial charge in [0, 0.05) is 23.6 Å². The third kappa shape index (κ3) is 2.28. The van der Waals surface area contributed by atoms with Crippen molar-refractivity contribution in [2.45, 2.75) is 18.9 Å². The largest absolute Gasteiger partial charge is 0.380 e. The molecule has 1 unspecified atom stereocenters. The summed E-state index contributed by atoms with van der Waals surface area (Å²) >= 11 is 6.09. The fourth-order valence-electron chi connectivity index (χ4n) is 2.25. The predicted molar refractivity (Wildman–Crippen MR) is 74.2 cm³/mol. The summed E-state index contributed by atoms with van der Waals surface area (Å²) in [4.78, 5) is 11.6. The summed E-state index contributed by atoms with van der Waals surface area (Å²) in [7, 11) is 0. The highest BCUT2D eigenvalue weighted by molar-refractivity contribution is 6.33. The Morgan fingerprint density at radius 3 is 2.85 bits per heavy atom. The van der Waals surface area contributed by atoms with Crippen LogP contribution < -0.4 is 0 Å². The van der Waals surface area contributed by atoms with Crippen molar-refractivity contribution in [3.63, 3.8) is 0 Å². The molecule has 0 radical (unpaired) electrons. The summed E-state index contributed by atoms with van der Waals surface area (Å²) in [5.41, 5.74) is 1.64. The number of carbonyl (C=O) groups excluding carboxylic acids is 1. The van der Waals surface area contributed by atoms with E-state index in [1.54, 1.807) is 18.2 Å². The Hall–Kier alpha value is -1.91. The van der Waals surface area contributed by atoms with Crippen LogP contribution >= 0.6 is 11.6 Å². The van der Waals surface area contributed by atoms with E-state index in [4.69, 9.17) is 16.1 Å². The van der Waals surface area contributed by atoms with E-state index in [2.05, 4.69) is 5.16 Å². The molecule has 5 heteroatoms. The van der Waals surface area contributed by atoms with Gasteiger partial charge < -0.3 is 9.63 Å². The summed E-state index contributed by atoms with van der Waals surface area (Å²) in [5, 5.41) is 14.6. The maximum Gasteiger partial charge on any atom is 0.170 e. The third-order valence-corrected chi connectivity index (χ3v) is 3.63. The number of rotatable bonds is 3. The molecule has 3 rings (SSSR count). The quantitative estimate of drug-likeness (QED) is 0.941. The lowest BCUT2D eigenvalue weighted by Crippen LogP contribution is -2.06. The van der Waals surface area contributed by atoms with Crippen molar-refractivity contribution in [1.29, 1.82) is 0 Å². The molecule has 1 N–H and O–H groups in total. The highest BCUT2D eigenvalue weighted by atomic mass is 35.5. The number of benzene rings is 1. The van der Waals surface area contributed by atoms with E-state index in [0.29, 0.717) is 29.1 Å². The van der Waals surface area contributed by atoms with E-state index in [1.165, 1.54) is 0 Å². The molecule has 0 fully saturated rings. The van der Waals surface area contributed by atoms with Crippen LogP contribution in [0.1, 0.15) is 24.7 Å². The Morgan fingerprint density at radius 2 is 2.15 bits per heavy atom. The fourth-order valence-corrected chi connectivity index (χ4v) is 2.48. The molecular weight excluding hydrogens is 278 g/mol. The van der Waals surface area contributed by atoms with Gasteiger partial charge in [-0.2, -0.15) is 0 Å². The average molecular weight is 290 g/mol. The molecule has 2 aromatic rings. The number of aliphatic hydroxyl groups is 1. The van der Waals surface area contributed by atoms with Crippen LogP contribution in [0.2, 0.25) is 5.02 Å². The summed E-state index contributed by atoms with van der Waals surface area (Å²) in [6.45, 7) is 0. The Balaban J connectivity index is 1.91. The average Bonchev–Trinajstić information content (AvgIpc) is 3.07. The minimum atomic E-state index is -1.06. The van der Waals surface area contributed by atoms with E-state index in [9.17, 15) is 9.90 Å². The lowest BCUT2D eigenvalue weighted by molar-refractivity contribution is -0.115. The molecule has 0 saturated carbocycles. The monoisotopic (exact) mass is 289 g/mol. The molecule has 1 atom stereocenters. The van der Waals surface area contributed by atoms with Crippen LogP contribution in [0.5, 0.6) is 0 Å². The van der Waals surface area contributed by atoms with Crippen LogP contribution in [-0.4, -0.2) is 16.0 Å². The van der Waals surface area contributed by atoms with E-state index < -0.39 is 6.10 Å². The zero-order valence-corrected chi connectivity index (χ0v) is 11.3. The number of hydrogen-bond donors (Lipinski definition) is 1. The summed E-state index contributed by atoms with van der Waals surface area (Å²) < 4.78 is 5.14. The van der Waals surface area contributed by atoms with Gasteiger partial charge in [-0.25, -0.2) is 0 Å². The van der Waals surface area contributed by atoms with Crippen LogP contribution in [0.15, 0.2) is 46.5 Å². The van der Waals surface area contributed by atoms with E-state index >= 15 is 0 Å². The Morgan fingerprint density at radius 1 is 1.35 bits per heavy atom. The van der Waals surface area contributed by atoms with Gasteiger partial charge in [-0.3, -0.25) is 4.79 Å². The van der Waals surface area contributed by atoms with Crippen LogP contribution in [0.4, 0.5) is 0 Å². The number of Topliss-reactive ketones (excluding diaryl/α,β-unsaturated/α-hetero) is 1. The molecule has 0 aliphatic heterocycles. The molecule has 0 bridgehead atoms. The molecule has 1 aromatic heterocycles. The molecule has 1 heterocycles. The highest BCUT2D eigenvalue weighted by Gasteiger charge is 2.27. The molecular formula is C15H12ClNO3. The number of allylic oxidation sites excluding steroid dienone is 1. The van der Waals surface area contributed by atoms with Crippen molar-refractivity contribution < 1.29 is 14.4 Å². The third-order valence-electron chi connectivity index (χ3n) is 3.30.